The Hall–Kier alpha value is -1.39. The van der Waals surface area contributed by atoms with Crippen molar-refractivity contribution in [2.75, 3.05) is 12.4 Å². The van der Waals surface area contributed by atoms with Crippen molar-refractivity contribution in [2.45, 2.75) is 4.90 Å². The van der Waals surface area contributed by atoms with Crippen LogP contribution in [0.15, 0.2) is 41.3 Å². The fourth-order valence-corrected chi connectivity index (χ4v) is 1.90. The quantitative estimate of drug-likeness (QED) is 0.766. The minimum absolute atomic E-state index is 0.430. The number of anilines is 1. The molecule has 1 unspecified atom stereocenters. The van der Waals surface area contributed by atoms with Crippen LogP contribution in [0.25, 0.3) is 10.8 Å². The smallest absolute Gasteiger partial charge is 0.186 e. The highest BCUT2D eigenvalue weighted by atomic mass is 32.2. The molecule has 2 aromatic rings. The van der Waals surface area contributed by atoms with Gasteiger partial charge in [0.25, 0.3) is 0 Å². The molecule has 0 amide bonds. The molecule has 78 valence electrons. The first-order valence-electron chi connectivity index (χ1n) is 4.53. The highest BCUT2D eigenvalue weighted by Gasteiger charge is 2.01. The Labute approximate surface area is 90.4 Å². The van der Waals surface area contributed by atoms with E-state index in [1.54, 1.807) is 12.1 Å². The van der Waals surface area contributed by atoms with E-state index in [-0.39, 0.29) is 0 Å². The van der Waals surface area contributed by atoms with Gasteiger partial charge in [-0.3, -0.25) is 0 Å². The average Bonchev–Trinajstić information content (AvgIpc) is 2.27. The molecule has 4 heteroatoms. The molecule has 0 aliphatic heterocycles. The summed E-state index contributed by atoms with van der Waals surface area (Å²) in [4.78, 5) is 0.430. The van der Waals surface area contributed by atoms with Gasteiger partial charge in [0.2, 0.25) is 0 Å². The van der Waals surface area contributed by atoms with Gasteiger partial charge in [-0.1, -0.05) is 12.1 Å². The number of rotatable bonds is 2. The summed E-state index contributed by atoms with van der Waals surface area (Å²) in [6.07, 6.45) is 0. The molecule has 0 bridgehead atoms. The Morgan fingerprint density at radius 1 is 1.13 bits per heavy atom. The van der Waals surface area contributed by atoms with Crippen LogP contribution >= 0.6 is 0 Å². The van der Waals surface area contributed by atoms with E-state index in [9.17, 15) is 4.21 Å². The van der Waals surface area contributed by atoms with Crippen LogP contribution in [0, 0.1) is 0 Å². The molecule has 0 aliphatic rings. The van der Waals surface area contributed by atoms with Crippen LogP contribution in [0.5, 0.6) is 0 Å². The van der Waals surface area contributed by atoms with E-state index >= 15 is 0 Å². The fourth-order valence-electron chi connectivity index (χ4n) is 1.49. The lowest BCUT2D eigenvalue weighted by Crippen LogP contribution is -1.89. The van der Waals surface area contributed by atoms with Crippen molar-refractivity contribution in [2.24, 2.45) is 0 Å². The Balaban J connectivity index is 2.59. The molecule has 0 heterocycles. The third-order valence-electron chi connectivity index (χ3n) is 2.30. The molecule has 0 saturated carbocycles. The Morgan fingerprint density at radius 3 is 2.47 bits per heavy atom. The van der Waals surface area contributed by atoms with Crippen molar-refractivity contribution in [3.63, 3.8) is 0 Å². The Bertz CT molecular complexity index is 525. The van der Waals surface area contributed by atoms with E-state index in [2.05, 4.69) is 5.32 Å². The van der Waals surface area contributed by atoms with Crippen molar-refractivity contribution >= 4 is 27.5 Å². The Kier molecular flexibility index (Phi) is 2.70. The molecular weight excluding hydrogens is 210 g/mol. The molecule has 0 saturated heterocycles. The average molecular weight is 221 g/mol. The molecule has 1 atom stereocenters. The number of benzene rings is 2. The molecule has 15 heavy (non-hydrogen) atoms. The van der Waals surface area contributed by atoms with Gasteiger partial charge in [-0.25, -0.2) is 4.21 Å². The van der Waals surface area contributed by atoms with Gasteiger partial charge >= 0.3 is 0 Å². The molecule has 2 aromatic carbocycles. The predicted molar refractivity (Wildman–Crippen MR) is 62.5 cm³/mol. The van der Waals surface area contributed by atoms with E-state index < -0.39 is 11.1 Å². The van der Waals surface area contributed by atoms with Crippen LogP contribution in [0.2, 0.25) is 0 Å². The van der Waals surface area contributed by atoms with Gasteiger partial charge in [0, 0.05) is 12.7 Å². The number of nitrogens with one attached hydrogen (secondary N) is 1. The fraction of sp³-hybridized carbons (Fsp3) is 0.0909. The van der Waals surface area contributed by atoms with Crippen molar-refractivity contribution in [3.05, 3.63) is 36.4 Å². The summed E-state index contributed by atoms with van der Waals surface area (Å²) in [6, 6.07) is 11.1. The molecule has 0 aliphatic carbocycles. The van der Waals surface area contributed by atoms with Crippen LogP contribution in [-0.2, 0) is 11.1 Å². The molecule has 2 N–H and O–H groups in total. The van der Waals surface area contributed by atoms with Gasteiger partial charge in [-0.15, -0.1) is 0 Å². The normalized spacial score (nSPS) is 12.7. The van der Waals surface area contributed by atoms with Gasteiger partial charge in [-0.2, -0.15) is 0 Å². The van der Waals surface area contributed by atoms with Crippen LogP contribution in [0.1, 0.15) is 0 Å². The van der Waals surface area contributed by atoms with Crippen LogP contribution in [0.4, 0.5) is 5.69 Å². The molecule has 0 spiro atoms. The number of hydrogen-bond donors (Lipinski definition) is 2. The van der Waals surface area contributed by atoms with E-state index in [0.717, 1.165) is 16.5 Å². The minimum Gasteiger partial charge on any atom is -0.388 e. The maximum absolute atomic E-state index is 10.9. The van der Waals surface area contributed by atoms with Gasteiger partial charge in [0.05, 0.1) is 4.90 Å². The number of fused-ring (bicyclic) bond motifs is 1. The topological polar surface area (TPSA) is 49.3 Å². The SMILES string of the molecule is CNc1ccc2cc(S(=O)O)ccc2c1. The predicted octanol–water partition coefficient (Wildman–Crippen LogP) is 2.46. The molecule has 0 radical (unpaired) electrons. The minimum atomic E-state index is -1.91. The maximum atomic E-state index is 10.9. The molecule has 2 rings (SSSR count). The van der Waals surface area contributed by atoms with E-state index in [4.69, 9.17) is 4.55 Å². The van der Waals surface area contributed by atoms with Crippen LogP contribution < -0.4 is 5.32 Å². The molecule has 0 fully saturated rings. The second-order valence-electron chi connectivity index (χ2n) is 3.22. The molecule has 3 nitrogen and oxygen atoms in total. The number of hydrogen-bond acceptors (Lipinski definition) is 2. The summed E-state index contributed by atoms with van der Waals surface area (Å²) in [5.74, 6) is 0. The van der Waals surface area contributed by atoms with E-state index in [1.807, 2.05) is 31.3 Å². The molecule has 0 aromatic heterocycles. The van der Waals surface area contributed by atoms with Crippen molar-refractivity contribution in [1.82, 2.24) is 0 Å². The second kappa shape index (κ2) is 4.00. The maximum Gasteiger partial charge on any atom is 0.186 e. The Morgan fingerprint density at radius 2 is 1.80 bits per heavy atom. The highest BCUT2D eigenvalue weighted by molar-refractivity contribution is 7.79. The third-order valence-corrected chi connectivity index (χ3v) is 2.96. The first-order chi connectivity index (χ1) is 7.20. The van der Waals surface area contributed by atoms with E-state index in [1.165, 1.54) is 0 Å². The van der Waals surface area contributed by atoms with Crippen LogP contribution in [0.3, 0.4) is 0 Å². The zero-order chi connectivity index (χ0) is 10.8. The van der Waals surface area contributed by atoms with Gasteiger partial charge in [-0.05, 0) is 35.0 Å². The standard InChI is InChI=1S/C11H11NO2S/c1-12-10-4-2-9-7-11(15(13)14)5-3-8(9)6-10/h2-7,12H,1H3,(H,13,14). The van der Waals surface area contributed by atoms with E-state index in [0.29, 0.717) is 4.90 Å². The third kappa shape index (κ3) is 2.00. The lowest BCUT2D eigenvalue weighted by Gasteiger charge is -2.03. The largest absolute Gasteiger partial charge is 0.388 e. The van der Waals surface area contributed by atoms with Gasteiger partial charge in [0.1, 0.15) is 0 Å². The van der Waals surface area contributed by atoms with Crippen LogP contribution in [-0.4, -0.2) is 15.8 Å². The first-order valence-corrected chi connectivity index (χ1v) is 5.64. The highest BCUT2D eigenvalue weighted by Crippen LogP contribution is 2.21. The zero-order valence-electron chi connectivity index (χ0n) is 8.23. The van der Waals surface area contributed by atoms with Crippen molar-refractivity contribution in [3.8, 4) is 0 Å². The van der Waals surface area contributed by atoms with Gasteiger partial charge < -0.3 is 9.87 Å². The lowest BCUT2D eigenvalue weighted by molar-refractivity contribution is 0.564. The summed E-state index contributed by atoms with van der Waals surface area (Å²) in [7, 11) is 1.86. The summed E-state index contributed by atoms with van der Waals surface area (Å²) >= 11 is -1.91. The zero-order valence-corrected chi connectivity index (χ0v) is 9.04. The van der Waals surface area contributed by atoms with Crippen molar-refractivity contribution in [1.29, 1.82) is 0 Å². The summed E-state index contributed by atoms with van der Waals surface area (Å²) in [5.41, 5.74) is 1.03. The lowest BCUT2D eigenvalue weighted by atomic mass is 10.1. The first kappa shape index (κ1) is 10.1. The van der Waals surface area contributed by atoms with Crippen molar-refractivity contribution < 1.29 is 8.76 Å². The van der Waals surface area contributed by atoms with Gasteiger partial charge in [0.15, 0.2) is 11.1 Å². The summed E-state index contributed by atoms with van der Waals surface area (Å²) in [6.45, 7) is 0. The second-order valence-corrected chi connectivity index (χ2v) is 4.19. The monoisotopic (exact) mass is 221 g/mol. The summed E-state index contributed by atoms with van der Waals surface area (Å²) in [5, 5.41) is 5.07. The summed E-state index contributed by atoms with van der Waals surface area (Å²) < 4.78 is 19.8. The molecular formula is C11H11NO2S.